The predicted octanol–water partition coefficient (Wildman–Crippen LogP) is 2.27. The van der Waals surface area contributed by atoms with Gasteiger partial charge in [-0.3, -0.25) is 4.79 Å². The van der Waals surface area contributed by atoms with Crippen LogP contribution in [0.25, 0.3) is 10.2 Å². The molecular weight excluding hydrogens is 328 g/mol. The van der Waals surface area contributed by atoms with Crippen LogP contribution in [-0.2, 0) is 4.79 Å². The number of fused-ring (bicyclic) bond motifs is 1. The van der Waals surface area contributed by atoms with E-state index in [1.54, 1.807) is 12.1 Å². The van der Waals surface area contributed by atoms with Gasteiger partial charge in [-0.05, 0) is 24.3 Å². The van der Waals surface area contributed by atoms with Gasteiger partial charge in [-0.2, -0.15) is 5.10 Å². The lowest BCUT2D eigenvalue weighted by Gasteiger charge is -2.02. The predicted molar refractivity (Wildman–Crippen MR) is 93.6 cm³/mol. The Morgan fingerprint density at radius 2 is 2.04 bits per heavy atom. The zero-order chi connectivity index (χ0) is 16.9. The first-order valence-electron chi connectivity index (χ1n) is 7.06. The van der Waals surface area contributed by atoms with Gasteiger partial charge in [0.25, 0.3) is 5.91 Å². The molecule has 0 aliphatic heterocycles. The summed E-state index contributed by atoms with van der Waals surface area (Å²) in [6, 6.07) is 12.2. The van der Waals surface area contributed by atoms with Crippen LogP contribution >= 0.6 is 11.3 Å². The number of benzene rings is 2. The number of rotatable bonds is 5. The molecule has 0 aliphatic rings. The quantitative estimate of drug-likeness (QED) is 0.323. The second kappa shape index (κ2) is 6.97. The molecule has 122 valence electrons. The van der Waals surface area contributed by atoms with Crippen LogP contribution in [0.1, 0.15) is 5.56 Å². The summed E-state index contributed by atoms with van der Waals surface area (Å²) in [5.41, 5.74) is 3.51. The van der Waals surface area contributed by atoms with Crippen molar-refractivity contribution in [2.75, 3.05) is 11.9 Å². The lowest BCUT2D eigenvalue weighted by Crippen LogP contribution is -2.25. The molecule has 4 N–H and O–H groups in total. The Kier molecular flexibility index (Phi) is 4.57. The second-order valence-electron chi connectivity index (χ2n) is 4.85. The number of nitrogens with one attached hydrogen (secondary N) is 2. The van der Waals surface area contributed by atoms with Crippen molar-refractivity contribution >= 4 is 38.8 Å². The van der Waals surface area contributed by atoms with Gasteiger partial charge in [0.2, 0.25) is 0 Å². The van der Waals surface area contributed by atoms with Crippen molar-refractivity contribution in [2.45, 2.75) is 0 Å². The van der Waals surface area contributed by atoms with Crippen molar-refractivity contribution in [3.63, 3.8) is 0 Å². The first-order valence-corrected chi connectivity index (χ1v) is 7.87. The fourth-order valence-electron chi connectivity index (χ4n) is 1.97. The maximum atomic E-state index is 11.8. The van der Waals surface area contributed by atoms with E-state index in [-0.39, 0.29) is 24.0 Å². The standard InChI is InChI=1S/C16H14N4O3S/c21-12-6-3-4-10(15(12)23)8-18-20-14(22)9-17-16-19-11-5-1-2-7-13(11)24-16/h1-8,21,23H,9H2,(H,17,19)(H,20,22)/b18-8+. The van der Waals surface area contributed by atoms with Crippen molar-refractivity contribution in [3.8, 4) is 11.5 Å². The molecule has 0 saturated carbocycles. The summed E-state index contributed by atoms with van der Waals surface area (Å²) < 4.78 is 1.04. The van der Waals surface area contributed by atoms with E-state index in [9.17, 15) is 15.0 Å². The summed E-state index contributed by atoms with van der Waals surface area (Å²) in [5, 5.41) is 26.3. The maximum Gasteiger partial charge on any atom is 0.259 e. The first-order chi connectivity index (χ1) is 11.6. The molecule has 3 rings (SSSR count). The lowest BCUT2D eigenvalue weighted by atomic mass is 10.2. The van der Waals surface area contributed by atoms with Crippen molar-refractivity contribution in [1.82, 2.24) is 10.4 Å². The van der Waals surface area contributed by atoms with Crippen molar-refractivity contribution < 1.29 is 15.0 Å². The minimum Gasteiger partial charge on any atom is -0.504 e. The first kappa shape index (κ1) is 15.8. The largest absolute Gasteiger partial charge is 0.504 e. The summed E-state index contributed by atoms with van der Waals surface area (Å²) in [6.07, 6.45) is 1.25. The topological polar surface area (TPSA) is 107 Å². The van der Waals surface area contributed by atoms with Crippen LogP contribution in [0, 0.1) is 0 Å². The number of aromatic hydroxyl groups is 2. The van der Waals surface area contributed by atoms with E-state index < -0.39 is 0 Å². The zero-order valence-corrected chi connectivity index (χ0v) is 13.2. The summed E-state index contributed by atoms with van der Waals surface area (Å²) in [4.78, 5) is 16.1. The van der Waals surface area contributed by atoms with E-state index >= 15 is 0 Å². The molecule has 0 aliphatic carbocycles. The van der Waals surface area contributed by atoms with E-state index in [0.29, 0.717) is 10.7 Å². The number of para-hydroxylation sites is 2. The fraction of sp³-hybridized carbons (Fsp3) is 0.0625. The molecule has 0 saturated heterocycles. The molecule has 7 nitrogen and oxygen atoms in total. The second-order valence-corrected chi connectivity index (χ2v) is 5.88. The molecule has 2 aromatic carbocycles. The Bertz CT molecular complexity index is 874. The number of amides is 1. The van der Waals surface area contributed by atoms with Crippen LogP contribution in [0.4, 0.5) is 5.13 Å². The van der Waals surface area contributed by atoms with Crippen molar-refractivity contribution in [2.24, 2.45) is 5.10 Å². The average Bonchev–Trinajstić information content (AvgIpc) is 3.00. The molecule has 24 heavy (non-hydrogen) atoms. The molecule has 0 bridgehead atoms. The number of hydrogen-bond acceptors (Lipinski definition) is 7. The SMILES string of the molecule is O=C(CNc1nc2ccccc2s1)N/N=C/c1cccc(O)c1O. The smallest absolute Gasteiger partial charge is 0.259 e. The highest BCUT2D eigenvalue weighted by atomic mass is 32.1. The summed E-state index contributed by atoms with van der Waals surface area (Å²) in [5.74, 6) is -0.893. The number of thiazole rings is 1. The number of hydrazone groups is 1. The van der Waals surface area contributed by atoms with E-state index in [1.807, 2.05) is 24.3 Å². The Labute approximate surface area is 141 Å². The number of phenolic OH excluding ortho intramolecular Hbond substituents is 2. The number of hydrogen-bond donors (Lipinski definition) is 4. The molecule has 1 amide bonds. The number of aromatic nitrogens is 1. The summed E-state index contributed by atoms with van der Waals surface area (Å²) in [7, 11) is 0. The number of anilines is 1. The monoisotopic (exact) mass is 342 g/mol. The normalized spacial score (nSPS) is 11.0. The fourth-order valence-corrected chi connectivity index (χ4v) is 2.83. The third-order valence-electron chi connectivity index (χ3n) is 3.13. The molecule has 0 radical (unpaired) electrons. The van der Waals surface area contributed by atoms with Gasteiger partial charge in [-0.25, -0.2) is 10.4 Å². The molecule has 0 spiro atoms. The van der Waals surface area contributed by atoms with Crippen LogP contribution in [0.5, 0.6) is 11.5 Å². The third kappa shape index (κ3) is 3.61. The van der Waals surface area contributed by atoms with E-state index in [2.05, 4.69) is 20.8 Å². The minimum atomic E-state index is -0.356. The third-order valence-corrected chi connectivity index (χ3v) is 4.13. The van der Waals surface area contributed by atoms with Gasteiger partial charge >= 0.3 is 0 Å². The number of carbonyl (C=O) groups is 1. The molecular formula is C16H14N4O3S. The highest BCUT2D eigenvalue weighted by molar-refractivity contribution is 7.22. The average molecular weight is 342 g/mol. The Morgan fingerprint density at radius 3 is 2.88 bits per heavy atom. The molecule has 0 unspecified atom stereocenters. The summed E-state index contributed by atoms with van der Waals surface area (Å²) in [6.45, 7) is 0.0170. The molecule has 0 fully saturated rings. The van der Waals surface area contributed by atoms with E-state index in [4.69, 9.17) is 0 Å². The molecule has 1 aromatic heterocycles. The van der Waals surface area contributed by atoms with E-state index in [1.165, 1.54) is 23.6 Å². The van der Waals surface area contributed by atoms with Crippen LogP contribution in [0.2, 0.25) is 0 Å². The Hall–Kier alpha value is -3.13. The minimum absolute atomic E-state index is 0.0170. The van der Waals surface area contributed by atoms with Gasteiger partial charge in [0.05, 0.1) is 23.0 Å². The highest BCUT2D eigenvalue weighted by Crippen LogP contribution is 2.26. The van der Waals surface area contributed by atoms with Gasteiger partial charge in [0.1, 0.15) is 0 Å². The number of nitrogens with zero attached hydrogens (tertiary/aromatic N) is 2. The lowest BCUT2D eigenvalue weighted by molar-refractivity contribution is -0.119. The van der Waals surface area contributed by atoms with Gasteiger partial charge < -0.3 is 15.5 Å². The maximum absolute atomic E-state index is 11.8. The zero-order valence-electron chi connectivity index (χ0n) is 12.4. The van der Waals surface area contributed by atoms with Crippen LogP contribution < -0.4 is 10.7 Å². The summed E-state index contributed by atoms with van der Waals surface area (Å²) >= 11 is 1.46. The van der Waals surface area contributed by atoms with Crippen LogP contribution in [0.3, 0.4) is 0 Å². The number of carbonyl (C=O) groups excluding carboxylic acids is 1. The van der Waals surface area contributed by atoms with Gasteiger partial charge in [-0.1, -0.05) is 29.5 Å². The molecule has 8 heteroatoms. The number of phenols is 2. The van der Waals surface area contributed by atoms with E-state index in [0.717, 1.165) is 10.2 Å². The van der Waals surface area contributed by atoms with Crippen LogP contribution in [0.15, 0.2) is 47.6 Å². The van der Waals surface area contributed by atoms with Crippen LogP contribution in [-0.4, -0.2) is 33.9 Å². The Balaban J connectivity index is 1.54. The highest BCUT2D eigenvalue weighted by Gasteiger charge is 2.06. The van der Waals surface area contributed by atoms with Crippen molar-refractivity contribution in [1.29, 1.82) is 0 Å². The van der Waals surface area contributed by atoms with Crippen molar-refractivity contribution in [3.05, 3.63) is 48.0 Å². The Morgan fingerprint density at radius 1 is 1.21 bits per heavy atom. The molecule has 3 aromatic rings. The molecule has 1 heterocycles. The van der Waals surface area contributed by atoms with Gasteiger partial charge in [0, 0.05) is 5.56 Å². The molecule has 0 atom stereocenters. The van der Waals surface area contributed by atoms with Gasteiger partial charge in [-0.15, -0.1) is 0 Å². The van der Waals surface area contributed by atoms with Gasteiger partial charge in [0.15, 0.2) is 16.6 Å².